The van der Waals surface area contributed by atoms with Gasteiger partial charge in [-0.25, -0.2) is 4.79 Å². The van der Waals surface area contributed by atoms with Crippen molar-refractivity contribution >= 4 is 39.3 Å². The van der Waals surface area contributed by atoms with Gasteiger partial charge in [0.2, 0.25) is 10.7 Å². The molecule has 1 unspecified atom stereocenters. The number of nitrogens with zero attached hydrogens (tertiary/aromatic N) is 1. The molecule has 2 aliphatic rings. The quantitative estimate of drug-likeness (QED) is 0.409. The monoisotopic (exact) mass is 429 g/mol. The Morgan fingerprint density at radius 2 is 1.80 bits per heavy atom. The smallest absolute Gasteiger partial charge is 0.340 e. The molecule has 0 bridgehead atoms. The summed E-state index contributed by atoms with van der Waals surface area (Å²) in [5.41, 5.74) is 2.01. The van der Waals surface area contributed by atoms with E-state index in [1.807, 2.05) is 26.8 Å². The first-order valence-corrected chi connectivity index (χ1v) is 9.37. The van der Waals surface area contributed by atoms with Gasteiger partial charge in [-0.15, -0.1) is 0 Å². The Kier molecular flexibility index (Phi) is 4.77. The molecule has 5 nitrogen and oxygen atoms in total. The van der Waals surface area contributed by atoms with Gasteiger partial charge in [0.05, 0.1) is 7.11 Å². The zero-order chi connectivity index (χ0) is 18.6. The van der Waals surface area contributed by atoms with Gasteiger partial charge in [-0.2, -0.15) is 5.06 Å². The minimum absolute atomic E-state index is 0.357. The lowest BCUT2D eigenvalue weighted by molar-refractivity contribution is -0.184. The molecule has 25 heavy (non-hydrogen) atoms. The maximum atomic E-state index is 13.4. The largest absolute Gasteiger partial charge is 0.449 e. The fraction of sp³-hybridized carbons (Fsp3) is 0.556. The number of hydrogen-bond donors (Lipinski definition) is 0. The second-order valence-corrected chi connectivity index (χ2v) is 8.17. The highest BCUT2D eigenvalue weighted by molar-refractivity contribution is 9.10. The first-order valence-electron chi connectivity index (χ1n) is 8.20. The number of hydrogen-bond acceptors (Lipinski definition) is 5. The van der Waals surface area contributed by atoms with Crippen LogP contribution in [0.5, 0.6) is 0 Å². The van der Waals surface area contributed by atoms with Gasteiger partial charge in [0.25, 0.3) is 0 Å². The van der Waals surface area contributed by atoms with E-state index in [-0.39, 0.29) is 5.78 Å². The summed E-state index contributed by atoms with van der Waals surface area (Å²) in [7, 11) is 1.59. The van der Waals surface area contributed by atoms with Crippen molar-refractivity contribution in [1.29, 1.82) is 0 Å². The maximum absolute atomic E-state index is 13.4. The Bertz CT molecular complexity index is 758. The summed E-state index contributed by atoms with van der Waals surface area (Å²) < 4.78 is 6.48. The first kappa shape index (κ1) is 18.8. The number of benzene rings is 1. The van der Waals surface area contributed by atoms with E-state index in [9.17, 15) is 9.59 Å². The number of carbonyl (C=O) groups is 2. The molecular weight excluding hydrogens is 410 g/mol. The molecule has 0 aliphatic carbocycles. The van der Waals surface area contributed by atoms with Gasteiger partial charge in [-0.3, -0.25) is 4.79 Å². The van der Waals surface area contributed by atoms with Crippen LogP contribution in [0.25, 0.3) is 0 Å². The van der Waals surface area contributed by atoms with E-state index in [2.05, 4.69) is 15.9 Å². The number of ketones is 1. The van der Waals surface area contributed by atoms with Crippen molar-refractivity contribution in [3.8, 4) is 0 Å². The topological polar surface area (TPSA) is 55.8 Å². The number of halogens is 2. The third-order valence-corrected chi connectivity index (χ3v) is 7.04. The predicted molar refractivity (Wildman–Crippen MR) is 97.5 cm³/mol. The normalized spacial score (nSPS) is 26.3. The zero-order valence-electron chi connectivity index (χ0n) is 14.7. The second-order valence-electron chi connectivity index (χ2n) is 6.81. The van der Waals surface area contributed by atoms with E-state index in [1.54, 1.807) is 12.2 Å². The first-order chi connectivity index (χ1) is 11.7. The zero-order valence-corrected chi connectivity index (χ0v) is 17.1. The van der Waals surface area contributed by atoms with Crippen LogP contribution in [-0.2, 0) is 24.0 Å². The molecule has 0 saturated carbocycles. The van der Waals surface area contributed by atoms with Crippen LogP contribution in [0.2, 0.25) is 0 Å². The minimum atomic E-state index is -1.79. The summed E-state index contributed by atoms with van der Waals surface area (Å²) in [4.78, 5) is 29.6. The number of carbonyl (C=O) groups excluding carboxylic acids is 2. The fourth-order valence-electron chi connectivity index (χ4n) is 3.97. The van der Waals surface area contributed by atoms with Crippen LogP contribution in [0.15, 0.2) is 10.5 Å². The van der Waals surface area contributed by atoms with Crippen LogP contribution in [0.3, 0.4) is 0 Å². The molecule has 2 saturated heterocycles. The summed E-state index contributed by atoms with van der Waals surface area (Å²) in [6, 6.07) is 1.93. The molecule has 1 aromatic rings. The van der Waals surface area contributed by atoms with Gasteiger partial charge in [0.15, 0.2) is 5.60 Å². The Hall–Kier alpha value is -0.950. The standard InChI is InChI=1S/C18H21BrClNO4/c1-10-9-11(2)14(19)12(3)13(10)18(20)15(22)17(25-16(18)23)5-7-21(24-4)8-6-17/h9H,5-8H2,1-4H3. The average molecular weight is 431 g/mol. The SMILES string of the molecule is CON1CCC2(CC1)OC(=O)C(Cl)(c1c(C)cc(C)c(Br)c1C)C2=O. The van der Waals surface area contributed by atoms with E-state index in [4.69, 9.17) is 21.2 Å². The lowest BCUT2D eigenvalue weighted by Crippen LogP contribution is -2.50. The number of hydroxylamine groups is 2. The van der Waals surface area contributed by atoms with Gasteiger partial charge < -0.3 is 9.57 Å². The number of alkyl halides is 1. The maximum Gasteiger partial charge on any atom is 0.340 e. The Labute approximate surface area is 160 Å². The summed E-state index contributed by atoms with van der Waals surface area (Å²) in [5.74, 6) is -1.03. The lowest BCUT2D eigenvalue weighted by Gasteiger charge is -2.35. The molecule has 3 rings (SSSR count). The third-order valence-electron chi connectivity index (χ3n) is 5.31. The van der Waals surface area contributed by atoms with Crippen LogP contribution in [-0.4, -0.2) is 42.6 Å². The van der Waals surface area contributed by atoms with Gasteiger partial charge >= 0.3 is 5.97 Å². The molecule has 1 atom stereocenters. The van der Waals surface area contributed by atoms with Crippen LogP contribution in [0.4, 0.5) is 0 Å². The van der Waals surface area contributed by atoms with Crippen LogP contribution >= 0.6 is 27.5 Å². The summed E-state index contributed by atoms with van der Waals surface area (Å²) in [5, 5.41) is 1.75. The van der Waals surface area contributed by atoms with E-state index in [0.29, 0.717) is 31.5 Å². The van der Waals surface area contributed by atoms with Gasteiger partial charge in [-0.1, -0.05) is 33.6 Å². The van der Waals surface area contributed by atoms with Gasteiger partial charge in [0, 0.05) is 30.4 Å². The van der Waals surface area contributed by atoms with Gasteiger partial charge in [0.1, 0.15) is 0 Å². The van der Waals surface area contributed by atoms with Crippen molar-refractivity contribution in [1.82, 2.24) is 5.06 Å². The van der Waals surface area contributed by atoms with E-state index in [0.717, 1.165) is 21.2 Å². The molecule has 0 amide bonds. The molecule has 1 spiro atoms. The number of esters is 1. The van der Waals surface area contributed by atoms with Crippen LogP contribution < -0.4 is 0 Å². The van der Waals surface area contributed by atoms with Crippen LogP contribution in [0.1, 0.15) is 35.1 Å². The Balaban J connectivity index is 2.08. The molecule has 136 valence electrons. The number of aryl methyl sites for hydroxylation is 2. The van der Waals surface area contributed by atoms with Crippen LogP contribution in [0, 0.1) is 20.8 Å². The predicted octanol–water partition coefficient (Wildman–Crippen LogP) is 3.33. The third kappa shape index (κ3) is 2.65. The highest BCUT2D eigenvalue weighted by Crippen LogP contribution is 2.50. The molecule has 0 N–H and O–H groups in total. The number of ether oxygens (including phenoxy) is 1. The van der Waals surface area contributed by atoms with E-state index in [1.165, 1.54) is 0 Å². The summed E-state index contributed by atoms with van der Waals surface area (Å²) >= 11 is 10.3. The number of rotatable bonds is 2. The van der Waals surface area contributed by atoms with Crippen molar-refractivity contribution in [2.45, 2.75) is 44.1 Å². The summed E-state index contributed by atoms with van der Waals surface area (Å²) in [6.45, 7) is 6.72. The molecular formula is C18H21BrClNO4. The second kappa shape index (κ2) is 6.34. The van der Waals surface area contributed by atoms with Gasteiger partial charge in [-0.05, 0) is 43.0 Å². The molecule has 2 fully saturated rings. The number of Topliss-reactive ketones (excluding diaryl/α,β-unsaturated/α-hetero) is 1. The Morgan fingerprint density at radius 1 is 1.20 bits per heavy atom. The van der Waals surface area contributed by atoms with E-state index >= 15 is 0 Å². The average Bonchev–Trinajstić information content (AvgIpc) is 2.75. The summed E-state index contributed by atoms with van der Waals surface area (Å²) in [6.07, 6.45) is 0.760. The highest BCUT2D eigenvalue weighted by Gasteiger charge is 2.66. The van der Waals surface area contributed by atoms with E-state index < -0.39 is 16.4 Å². The molecule has 2 heterocycles. The molecule has 0 radical (unpaired) electrons. The van der Waals surface area contributed by atoms with Crippen molar-refractivity contribution in [2.75, 3.05) is 20.2 Å². The van der Waals surface area contributed by atoms with Crippen molar-refractivity contribution in [2.24, 2.45) is 0 Å². The Morgan fingerprint density at radius 3 is 2.36 bits per heavy atom. The van der Waals surface area contributed by atoms with Crippen molar-refractivity contribution < 1.29 is 19.2 Å². The highest BCUT2D eigenvalue weighted by atomic mass is 79.9. The molecule has 7 heteroatoms. The molecule has 1 aromatic carbocycles. The molecule has 0 aromatic heterocycles. The minimum Gasteiger partial charge on any atom is -0.449 e. The number of piperidine rings is 1. The van der Waals surface area contributed by atoms with Crippen molar-refractivity contribution in [3.63, 3.8) is 0 Å². The fourth-order valence-corrected chi connectivity index (χ4v) is 4.78. The lowest BCUT2D eigenvalue weighted by atomic mass is 9.79. The molecule has 2 aliphatic heterocycles. The van der Waals surface area contributed by atoms with Crippen molar-refractivity contribution in [3.05, 3.63) is 32.8 Å².